The first kappa shape index (κ1) is 14.3. The molecule has 0 bridgehead atoms. The van der Waals surface area contributed by atoms with Crippen molar-refractivity contribution in [2.45, 2.75) is 25.7 Å². The van der Waals surface area contributed by atoms with Crippen molar-refractivity contribution in [3.05, 3.63) is 22.4 Å². The molecule has 2 unspecified atom stereocenters. The summed E-state index contributed by atoms with van der Waals surface area (Å²) in [4.78, 5) is 15.2. The molecule has 2 heterocycles. The van der Waals surface area contributed by atoms with Crippen LogP contribution in [0.2, 0.25) is 0 Å². The summed E-state index contributed by atoms with van der Waals surface area (Å²) in [5.41, 5.74) is 0. The quantitative estimate of drug-likeness (QED) is 0.890. The fraction of sp³-hybridized carbons (Fsp3) is 0.643. The lowest BCUT2D eigenvalue weighted by Gasteiger charge is -2.32. The Hall–Kier alpha value is -1.07. The summed E-state index contributed by atoms with van der Waals surface area (Å²) < 4.78 is 0. The molecule has 1 aromatic rings. The molecular formula is C14H22N2O2S. The van der Waals surface area contributed by atoms with Gasteiger partial charge in [-0.2, -0.15) is 0 Å². The molecule has 106 valence electrons. The number of likely N-dealkylation sites (tertiary alicyclic amines) is 1. The van der Waals surface area contributed by atoms with Gasteiger partial charge in [0.15, 0.2) is 0 Å². The van der Waals surface area contributed by atoms with Gasteiger partial charge >= 0.3 is 6.03 Å². The molecule has 1 aliphatic heterocycles. The monoisotopic (exact) mass is 282 g/mol. The van der Waals surface area contributed by atoms with Crippen LogP contribution >= 0.6 is 11.3 Å². The van der Waals surface area contributed by atoms with E-state index in [2.05, 4.69) is 23.7 Å². The molecule has 2 rings (SSSR count). The number of carbonyl (C=O) groups excluding carboxylic acids is 1. The van der Waals surface area contributed by atoms with Gasteiger partial charge in [0.2, 0.25) is 0 Å². The highest BCUT2D eigenvalue weighted by Crippen LogP contribution is 2.20. The Morgan fingerprint density at radius 2 is 2.53 bits per heavy atom. The minimum Gasteiger partial charge on any atom is -0.396 e. The van der Waals surface area contributed by atoms with Crippen LogP contribution in [0, 0.1) is 5.92 Å². The van der Waals surface area contributed by atoms with E-state index in [1.165, 1.54) is 4.88 Å². The van der Waals surface area contributed by atoms with E-state index in [1.807, 2.05) is 11.0 Å². The van der Waals surface area contributed by atoms with Crippen LogP contribution in [0.5, 0.6) is 0 Å². The van der Waals surface area contributed by atoms with Crippen LogP contribution in [0.1, 0.15) is 30.6 Å². The van der Waals surface area contributed by atoms with Crippen molar-refractivity contribution in [2.75, 3.05) is 26.2 Å². The van der Waals surface area contributed by atoms with Crippen LogP contribution < -0.4 is 5.32 Å². The highest BCUT2D eigenvalue weighted by molar-refractivity contribution is 7.10. The molecule has 1 saturated heterocycles. The summed E-state index contributed by atoms with van der Waals surface area (Å²) in [5.74, 6) is 0.594. The Labute approximate surface area is 118 Å². The van der Waals surface area contributed by atoms with Crippen LogP contribution in [-0.4, -0.2) is 42.3 Å². The maximum Gasteiger partial charge on any atom is 0.317 e. The van der Waals surface area contributed by atoms with Gasteiger partial charge in [-0.1, -0.05) is 13.0 Å². The van der Waals surface area contributed by atoms with E-state index in [1.54, 1.807) is 11.3 Å². The zero-order valence-corrected chi connectivity index (χ0v) is 12.2. The summed E-state index contributed by atoms with van der Waals surface area (Å²) in [5, 5.41) is 14.2. The van der Waals surface area contributed by atoms with Crippen molar-refractivity contribution < 1.29 is 9.90 Å². The lowest BCUT2D eigenvalue weighted by molar-refractivity contribution is 0.129. The standard InChI is InChI=1S/C14H22N2O2S/c1-11(13-5-3-7-19-13)8-15-14(18)16-6-2-4-12(9-16)10-17/h3,5,7,11-12,17H,2,4,6,8-10H2,1H3,(H,15,18). The van der Waals surface area contributed by atoms with Crippen LogP contribution in [0.15, 0.2) is 17.5 Å². The van der Waals surface area contributed by atoms with E-state index >= 15 is 0 Å². The molecule has 1 aliphatic rings. The predicted molar refractivity (Wildman–Crippen MR) is 77.5 cm³/mol. The van der Waals surface area contributed by atoms with Gasteiger partial charge in [-0.05, 0) is 30.2 Å². The van der Waals surface area contributed by atoms with Crippen molar-refractivity contribution in [2.24, 2.45) is 5.92 Å². The number of aliphatic hydroxyl groups is 1. The molecule has 0 aliphatic carbocycles. The largest absolute Gasteiger partial charge is 0.396 e. The fourth-order valence-corrected chi connectivity index (χ4v) is 3.21. The normalized spacial score (nSPS) is 21.2. The van der Waals surface area contributed by atoms with Crippen LogP contribution in [0.3, 0.4) is 0 Å². The number of piperidine rings is 1. The number of thiophene rings is 1. The van der Waals surface area contributed by atoms with Gasteiger partial charge in [-0.25, -0.2) is 4.79 Å². The number of carbonyl (C=O) groups is 1. The van der Waals surface area contributed by atoms with Gasteiger partial charge in [0.05, 0.1) is 0 Å². The van der Waals surface area contributed by atoms with Crippen molar-refractivity contribution >= 4 is 17.4 Å². The summed E-state index contributed by atoms with van der Waals surface area (Å²) in [6.07, 6.45) is 2.00. The molecule has 2 amide bonds. The molecule has 2 N–H and O–H groups in total. The molecule has 2 atom stereocenters. The summed E-state index contributed by atoms with van der Waals surface area (Å²) >= 11 is 1.72. The first-order chi connectivity index (χ1) is 9.20. The Morgan fingerprint density at radius 3 is 3.21 bits per heavy atom. The maximum absolute atomic E-state index is 12.1. The molecule has 19 heavy (non-hydrogen) atoms. The van der Waals surface area contributed by atoms with Crippen molar-refractivity contribution in [3.63, 3.8) is 0 Å². The highest BCUT2D eigenvalue weighted by Gasteiger charge is 2.23. The van der Waals surface area contributed by atoms with E-state index in [0.717, 1.165) is 19.4 Å². The lowest BCUT2D eigenvalue weighted by Crippen LogP contribution is -2.46. The average molecular weight is 282 g/mol. The first-order valence-electron chi connectivity index (χ1n) is 6.87. The third kappa shape index (κ3) is 3.94. The Kier molecular flexibility index (Phi) is 5.22. The van der Waals surface area contributed by atoms with Gasteiger partial charge in [0.1, 0.15) is 0 Å². The zero-order chi connectivity index (χ0) is 13.7. The Balaban J connectivity index is 1.77. The van der Waals surface area contributed by atoms with Crippen LogP contribution in [0.4, 0.5) is 4.79 Å². The average Bonchev–Trinajstić information content (AvgIpc) is 2.98. The highest BCUT2D eigenvalue weighted by atomic mass is 32.1. The lowest BCUT2D eigenvalue weighted by atomic mass is 9.99. The molecule has 5 heteroatoms. The summed E-state index contributed by atoms with van der Waals surface area (Å²) in [6, 6.07) is 4.14. The van der Waals surface area contributed by atoms with Crippen molar-refractivity contribution in [1.82, 2.24) is 10.2 Å². The Morgan fingerprint density at radius 1 is 1.68 bits per heavy atom. The second kappa shape index (κ2) is 6.91. The number of hydrogen-bond donors (Lipinski definition) is 2. The third-order valence-corrected chi connectivity index (χ3v) is 4.76. The van der Waals surface area contributed by atoms with Gasteiger partial charge in [-0.3, -0.25) is 0 Å². The van der Waals surface area contributed by atoms with Crippen molar-refractivity contribution in [1.29, 1.82) is 0 Å². The van der Waals surface area contributed by atoms with Crippen LogP contribution in [-0.2, 0) is 0 Å². The minimum absolute atomic E-state index is 0.00144. The number of nitrogens with zero attached hydrogens (tertiary/aromatic N) is 1. The third-order valence-electron chi connectivity index (χ3n) is 3.65. The number of urea groups is 1. The molecule has 4 nitrogen and oxygen atoms in total. The number of rotatable bonds is 4. The molecular weight excluding hydrogens is 260 g/mol. The number of nitrogens with one attached hydrogen (secondary N) is 1. The predicted octanol–water partition coefficient (Wildman–Crippen LogP) is 2.27. The van der Waals surface area contributed by atoms with E-state index in [-0.39, 0.29) is 18.6 Å². The van der Waals surface area contributed by atoms with E-state index in [9.17, 15) is 9.90 Å². The first-order valence-corrected chi connectivity index (χ1v) is 7.75. The van der Waals surface area contributed by atoms with E-state index in [4.69, 9.17) is 0 Å². The molecule has 1 aromatic heterocycles. The molecule has 0 saturated carbocycles. The fourth-order valence-electron chi connectivity index (χ4n) is 2.42. The van der Waals surface area contributed by atoms with E-state index in [0.29, 0.717) is 19.0 Å². The molecule has 0 aromatic carbocycles. The van der Waals surface area contributed by atoms with Gasteiger partial charge in [-0.15, -0.1) is 11.3 Å². The second-order valence-electron chi connectivity index (χ2n) is 5.24. The molecule has 1 fully saturated rings. The van der Waals surface area contributed by atoms with Gasteiger partial charge in [0, 0.05) is 37.0 Å². The van der Waals surface area contributed by atoms with Crippen LogP contribution in [0.25, 0.3) is 0 Å². The summed E-state index contributed by atoms with van der Waals surface area (Å²) in [7, 11) is 0. The zero-order valence-electron chi connectivity index (χ0n) is 11.3. The smallest absolute Gasteiger partial charge is 0.317 e. The van der Waals surface area contributed by atoms with Gasteiger partial charge < -0.3 is 15.3 Å². The topological polar surface area (TPSA) is 52.6 Å². The molecule has 0 spiro atoms. The van der Waals surface area contributed by atoms with Gasteiger partial charge in [0.25, 0.3) is 0 Å². The number of aliphatic hydroxyl groups excluding tert-OH is 1. The molecule has 0 radical (unpaired) electrons. The Bertz CT molecular complexity index is 394. The number of hydrogen-bond acceptors (Lipinski definition) is 3. The SMILES string of the molecule is CC(CNC(=O)N1CCCC(CO)C1)c1cccs1. The second-order valence-corrected chi connectivity index (χ2v) is 6.22. The minimum atomic E-state index is 0.00144. The van der Waals surface area contributed by atoms with Crippen molar-refractivity contribution in [3.8, 4) is 0 Å². The summed E-state index contributed by atoms with van der Waals surface area (Å²) in [6.45, 7) is 4.44. The van der Waals surface area contributed by atoms with E-state index < -0.39 is 0 Å². The maximum atomic E-state index is 12.1. The number of amides is 2.